The smallest absolute Gasteiger partial charge is 0.273 e. The molecule has 0 radical (unpaired) electrons. The second kappa shape index (κ2) is 12.8. The Morgan fingerprint density at radius 3 is 2.35 bits per heavy atom. The molecule has 1 fully saturated rings. The molecule has 4 rings (SSSR count). The number of nitrogens with zero attached hydrogens (tertiary/aromatic N) is 3. The molecule has 1 aliphatic rings. The maximum atomic E-state index is 14.2. The van der Waals surface area contributed by atoms with Crippen molar-refractivity contribution in [3.63, 3.8) is 0 Å². The summed E-state index contributed by atoms with van der Waals surface area (Å²) in [4.78, 5) is 43.2. The van der Waals surface area contributed by atoms with Crippen molar-refractivity contribution in [2.24, 2.45) is 5.73 Å². The second-order valence-electron chi connectivity index (χ2n) is 9.51. The van der Waals surface area contributed by atoms with Crippen molar-refractivity contribution in [1.29, 1.82) is 0 Å². The van der Waals surface area contributed by atoms with Crippen LogP contribution < -0.4 is 31.3 Å². The zero-order valence-corrected chi connectivity index (χ0v) is 23.6. The van der Waals surface area contributed by atoms with Crippen molar-refractivity contribution in [1.82, 2.24) is 9.69 Å². The number of hydrogen-bond donors (Lipinski definition) is 3. The van der Waals surface area contributed by atoms with Crippen molar-refractivity contribution < 1.29 is 23.9 Å². The normalized spacial score (nSPS) is 15.3. The van der Waals surface area contributed by atoms with Gasteiger partial charge in [-0.05, 0) is 73.3 Å². The number of carbonyl (C=O) groups is 3. The van der Waals surface area contributed by atoms with Gasteiger partial charge in [0.1, 0.15) is 16.7 Å². The van der Waals surface area contributed by atoms with Crippen LogP contribution in [0.1, 0.15) is 51.5 Å². The molecular formula is C28H34N6O5S. The summed E-state index contributed by atoms with van der Waals surface area (Å²) in [7, 11) is 3.83. The van der Waals surface area contributed by atoms with E-state index in [2.05, 4.69) is 9.69 Å². The highest BCUT2D eigenvalue weighted by atomic mass is 32.1. The highest BCUT2D eigenvalue weighted by Crippen LogP contribution is 2.34. The molecule has 11 nitrogen and oxygen atoms in total. The Labute approximate surface area is 237 Å². The zero-order valence-electron chi connectivity index (χ0n) is 22.8. The first-order valence-corrected chi connectivity index (χ1v) is 13.8. The summed E-state index contributed by atoms with van der Waals surface area (Å²) >= 11 is 0.761. The standard InChI is InChI=1S/C28H34N6O5S/c1-4-38-20-13-11-19(12-14-20)34(28(37)25-22(29)23(26(30)35)32-40-25)24(17-7-9-18(10-8-17)33(2)3)27(36)31-16-21-6-5-15-39-21/h7-14,21,24H,4-6,15-16,29H2,1-3H3,(H2,30,35)(H,31,36)/t21-,24+/m1/s1. The largest absolute Gasteiger partial charge is 0.494 e. The van der Waals surface area contributed by atoms with E-state index >= 15 is 0 Å². The molecule has 0 bridgehead atoms. The third kappa shape index (κ3) is 6.35. The molecule has 12 heteroatoms. The zero-order chi connectivity index (χ0) is 28.8. The lowest BCUT2D eigenvalue weighted by molar-refractivity contribution is -0.123. The Morgan fingerprint density at radius 1 is 1.12 bits per heavy atom. The highest BCUT2D eigenvalue weighted by molar-refractivity contribution is 7.09. The van der Waals surface area contributed by atoms with Gasteiger partial charge in [-0.15, -0.1) is 0 Å². The molecular weight excluding hydrogens is 532 g/mol. The molecule has 1 aliphatic heterocycles. The van der Waals surface area contributed by atoms with E-state index < -0.39 is 23.8 Å². The van der Waals surface area contributed by atoms with Crippen LogP contribution in [0.5, 0.6) is 5.75 Å². The number of nitrogens with two attached hydrogens (primary N) is 2. The number of anilines is 3. The monoisotopic (exact) mass is 566 g/mol. The van der Waals surface area contributed by atoms with E-state index in [4.69, 9.17) is 20.9 Å². The van der Waals surface area contributed by atoms with Gasteiger partial charge in [0.15, 0.2) is 5.69 Å². The SMILES string of the molecule is CCOc1ccc(N(C(=O)c2snc(C(N)=O)c2N)[C@H](C(=O)NC[C@H]2CCCO2)c2ccc(N(C)C)cc2)cc1. The van der Waals surface area contributed by atoms with Gasteiger partial charge in [-0.2, -0.15) is 4.37 Å². The van der Waals surface area contributed by atoms with Gasteiger partial charge in [-0.25, -0.2) is 0 Å². The first kappa shape index (κ1) is 28.8. The molecule has 5 N–H and O–H groups in total. The molecule has 2 aromatic carbocycles. The Kier molecular flexibility index (Phi) is 9.22. The molecule has 1 aromatic heterocycles. The van der Waals surface area contributed by atoms with E-state index in [1.54, 1.807) is 24.3 Å². The summed E-state index contributed by atoms with van der Waals surface area (Å²) in [6, 6.07) is 13.1. The second-order valence-corrected chi connectivity index (χ2v) is 10.3. The minimum absolute atomic E-state index is 0.00419. The Morgan fingerprint density at radius 2 is 1.80 bits per heavy atom. The molecule has 1 saturated heterocycles. The minimum atomic E-state index is -1.08. The van der Waals surface area contributed by atoms with E-state index in [9.17, 15) is 14.4 Å². The number of hydrogen-bond acceptors (Lipinski definition) is 9. The van der Waals surface area contributed by atoms with Crippen LogP contribution in [0.4, 0.5) is 17.1 Å². The molecule has 2 atom stereocenters. The van der Waals surface area contributed by atoms with E-state index in [0.717, 1.165) is 30.1 Å². The van der Waals surface area contributed by atoms with Crippen molar-refractivity contribution >= 4 is 46.3 Å². The minimum Gasteiger partial charge on any atom is -0.494 e. The first-order valence-electron chi connectivity index (χ1n) is 13.0. The molecule has 0 spiro atoms. The summed E-state index contributed by atoms with van der Waals surface area (Å²) in [5.41, 5.74) is 13.2. The summed E-state index contributed by atoms with van der Waals surface area (Å²) in [5.74, 6) is -1.22. The fraction of sp³-hybridized carbons (Fsp3) is 0.357. The summed E-state index contributed by atoms with van der Waals surface area (Å²) < 4.78 is 15.3. The van der Waals surface area contributed by atoms with Crippen LogP contribution >= 0.6 is 11.5 Å². The summed E-state index contributed by atoms with van der Waals surface area (Å²) in [5, 5.41) is 2.98. The average Bonchev–Trinajstić information content (AvgIpc) is 3.60. The van der Waals surface area contributed by atoms with Crippen LogP contribution in [0.2, 0.25) is 0 Å². The maximum absolute atomic E-state index is 14.2. The predicted octanol–water partition coefficient (Wildman–Crippen LogP) is 2.97. The maximum Gasteiger partial charge on any atom is 0.273 e. The molecule has 0 unspecified atom stereocenters. The van der Waals surface area contributed by atoms with E-state index in [1.807, 2.05) is 50.2 Å². The lowest BCUT2D eigenvalue weighted by Crippen LogP contribution is -2.45. The van der Waals surface area contributed by atoms with Crippen molar-refractivity contribution in [3.05, 3.63) is 64.7 Å². The summed E-state index contributed by atoms with van der Waals surface area (Å²) in [6.45, 7) is 3.31. The number of primary amides is 1. The van der Waals surface area contributed by atoms with E-state index in [1.165, 1.54) is 4.90 Å². The van der Waals surface area contributed by atoms with Gasteiger partial charge < -0.3 is 31.2 Å². The van der Waals surface area contributed by atoms with Crippen molar-refractivity contribution in [3.8, 4) is 5.75 Å². The molecule has 212 valence electrons. The summed E-state index contributed by atoms with van der Waals surface area (Å²) in [6.07, 6.45) is 1.68. The van der Waals surface area contributed by atoms with Gasteiger partial charge >= 0.3 is 0 Å². The molecule has 40 heavy (non-hydrogen) atoms. The van der Waals surface area contributed by atoms with Gasteiger partial charge in [0.2, 0.25) is 5.91 Å². The molecule has 0 aliphatic carbocycles. The number of amides is 3. The van der Waals surface area contributed by atoms with Crippen LogP contribution in [0.3, 0.4) is 0 Å². The number of carbonyl (C=O) groups excluding carboxylic acids is 3. The third-order valence-corrected chi connectivity index (χ3v) is 7.41. The number of nitrogens with one attached hydrogen (secondary N) is 1. The average molecular weight is 567 g/mol. The Hall–Kier alpha value is -4.16. The van der Waals surface area contributed by atoms with Crippen LogP contribution in [0, 0.1) is 0 Å². The topological polar surface area (TPSA) is 153 Å². The van der Waals surface area contributed by atoms with Crippen LogP contribution in [0.15, 0.2) is 48.5 Å². The van der Waals surface area contributed by atoms with Gasteiger partial charge in [-0.3, -0.25) is 19.3 Å². The molecule has 3 amide bonds. The number of benzene rings is 2. The number of ether oxygens (including phenoxy) is 2. The molecule has 0 saturated carbocycles. The van der Waals surface area contributed by atoms with E-state index in [0.29, 0.717) is 36.8 Å². The van der Waals surface area contributed by atoms with Crippen LogP contribution in [-0.4, -0.2) is 62.1 Å². The van der Waals surface area contributed by atoms with Crippen molar-refractivity contribution in [2.75, 3.05) is 49.4 Å². The van der Waals surface area contributed by atoms with Gasteiger partial charge in [0.25, 0.3) is 11.8 Å². The first-order chi connectivity index (χ1) is 19.2. The molecule has 2 heterocycles. The fourth-order valence-corrected chi connectivity index (χ4v) is 5.22. The lowest BCUT2D eigenvalue weighted by Gasteiger charge is -2.32. The van der Waals surface area contributed by atoms with Gasteiger partial charge in [0, 0.05) is 38.6 Å². The van der Waals surface area contributed by atoms with Gasteiger partial charge in [-0.1, -0.05) is 12.1 Å². The van der Waals surface area contributed by atoms with Crippen molar-refractivity contribution in [2.45, 2.75) is 31.9 Å². The van der Waals surface area contributed by atoms with Gasteiger partial charge in [0.05, 0.1) is 18.4 Å². The third-order valence-electron chi connectivity index (χ3n) is 6.56. The predicted molar refractivity (Wildman–Crippen MR) is 155 cm³/mol. The number of aromatic nitrogens is 1. The van der Waals surface area contributed by atoms with Crippen LogP contribution in [0.25, 0.3) is 0 Å². The lowest BCUT2D eigenvalue weighted by atomic mass is 10.0. The quantitative estimate of drug-likeness (QED) is 0.320. The van der Waals surface area contributed by atoms with E-state index in [-0.39, 0.29) is 22.4 Å². The number of rotatable bonds is 11. The van der Waals surface area contributed by atoms with Crippen LogP contribution in [-0.2, 0) is 9.53 Å². The Bertz CT molecular complexity index is 1340. The fourth-order valence-electron chi connectivity index (χ4n) is 4.48. The molecule has 3 aromatic rings. The highest BCUT2D eigenvalue weighted by Gasteiger charge is 2.36. The Balaban J connectivity index is 1.81. The number of nitrogen functional groups attached to an aromatic ring is 1.